The van der Waals surface area contributed by atoms with E-state index >= 15 is 0 Å². The van der Waals surface area contributed by atoms with E-state index in [-0.39, 0.29) is 41.2 Å². The molecule has 1 aliphatic rings. The molecule has 0 unspecified atom stereocenters. The summed E-state index contributed by atoms with van der Waals surface area (Å²) in [4.78, 5) is 35.6. The maximum absolute atomic E-state index is 12.8. The van der Waals surface area contributed by atoms with Crippen molar-refractivity contribution in [3.63, 3.8) is 0 Å². The predicted molar refractivity (Wildman–Crippen MR) is 88.3 cm³/mol. The first-order chi connectivity index (χ1) is 11.4. The largest absolute Gasteiger partial charge is 0.481 e. The van der Waals surface area contributed by atoms with Gasteiger partial charge < -0.3 is 10.0 Å². The van der Waals surface area contributed by atoms with Crippen LogP contribution in [0.3, 0.4) is 0 Å². The lowest BCUT2D eigenvalue weighted by Gasteiger charge is -2.34. The van der Waals surface area contributed by atoms with Gasteiger partial charge in [-0.2, -0.15) is 0 Å². The molecule has 1 amide bonds. The van der Waals surface area contributed by atoms with Crippen molar-refractivity contribution in [2.24, 2.45) is 0 Å². The number of aliphatic carboxylic acids is 1. The van der Waals surface area contributed by atoms with Crippen molar-refractivity contribution in [1.82, 2.24) is 4.90 Å². The van der Waals surface area contributed by atoms with Gasteiger partial charge >= 0.3 is 5.97 Å². The molecule has 1 N–H and O–H groups in total. The predicted octanol–water partition coefficient (Wildman–Crippen LogP) is 3.50. The highest BCUT2D eigenvalue weighted by molar-refractivity contribution is 6.32. The molecule has 1 saturated carbocycles. The number of hydrogen-bond donors (Lipinski definition) is 1. The van der Waals surface area contributed by atoms with Crippen molar-refractivity contribution in [2.75, 3.05) is 6.54 Å². The van der Waals surface area contributed by atoms with Gasteiger partial charge in [0, 0.05) is 24.2 Å². The van der Waals surface area contributed by atoms with Crippen molar-refractivity contribution in [3.8, 4) is 0 Å². The minimum Gasteiger partial charge on any atom is -0.481 e. The third-order valence-electron chi connectivity index (χ3n) is 4.23. The summed E-state index contributed by atoms with van der Waals surface area (Å²) in [6.45, 7) is 0.0925. The van der Waals surface area contributed by atoms with E-state index in [1.54, 1.807) is 4.90 Å². The van der Waals surface area contributed by atoms with E-state index < -0.39 is 10.9 Å². The third kappa shape index (κ3) is 4.44. The quantitative estimate of drug-likeness (QED) is 0.622. The first kappa shape index (κ1) is 18.2. The van der Waals surface area contributed by atoms with Crippen LogP contribution in [0.15, 0.2) is 18.2 Å². The minimum atomic E-state index is -0.981. The van der Waals surface area contributed by atoms with Crippen molar-refractivity contribution in [2.45, 2.75) is 44.6 Å². The number of rotatable bonds is 6. The molecule has 0 spiro atoms. The number of nitrogens with zero attached hydrogens (tertiary/aromatic N) is 2. The lowest BCUT2D eigenvalue weighted by molar-refractivity contribution is -0.384. The Balaban J connectivity index is 2.27. The van der Waals surface area contributed by atoms with Crippen LogP contribution in [0, 0.1) is 10.1 Å². The zero-order chi connectivity index (χ0) is 17.7. The highest BCUT2D eigenvalue weighted by Crippen LogP contribution is 2.28. The molecular weight excluding hydrogens is 336 g/mol. The van der Waals surface area contributed by atoms with Crippen LogP contribution in [-0.2, 0) is 4.79 Å². The summed E-state index contributed by atoms with van der Waals surface area (Å²) in [6.07, 6.45) is 4.56. The molecule has 0 aromatic heterocycles. The highest BCUT2D eigenvalue weighted by atomic mass is 35.5. The Morgan fingerprint density at radius 3 is 2.54 bits per heavy atom. The van der Waals surface area contributed by atoms with Gasteiger partial charge in [0.15, 0.2) is 0 Å². The fraction of sp³-hybridized carbons (Fsp3) is 0.500. The van der Waals surface area contributed by atoms with Crippen molar-refractivity contribution in [1.29, 1.82) is 0 Å². The summed E-state index contributed by atoms with van der Waals surface area (Å²) >= 11 is 5.78. The van der Waals surface area contributed by atoms with Gasteiger partial charge in [0.1, 0.15) is 5.02 Å². The number of carbonyl (C=O) groups excluding carboxylic acids is 1. The summed E-state index contributed by atoms with van der Waals surface area (Å²) in [5.41, 5.74) is -0.175. The Bertz CT molecular complexity index is 643. The van der Waals surface area contributed by atoms with Gasteiger partial charge in [-0.25, -0.2) is 0 Å². The molecular formula is C16H19ClN2O5. The van der Waals surface area contributed by atoms with E-state index in [2.05, 4.69) is 0 Å². The fourth-order valence-corrected chi connectivity index (χ4v) is 3.20. The molecule has 0 heterocycles. The Hall–Kier alpha value is -2.15. The van der Waals surface area contributed by atoms with Gasteiger partial charge in [0.25, 0.3) is 11.6 Å². The monoisotopic (exact) mass is 354 g/mol. The van der Waals surface area contributed by atoms with E-state index in [0.717, 1.165) is 38.2 Å². The Morgan fingerprint density at radius 2 is 1.96 bits per heavy atom. The van der Waals surface area contributed by atoms with Crippen molar-refractivity contribution >= 4 is 29.2 Å². The average Bonchev–Trinajstić information content (AvgIpc) is 2.55. The Labute approximate surface area is 144 Å². The first-order valence-corrected chi connectivity index (χ1v) is 8.24. The van der Waals surface area contributed by atoms with Gasteiger partial charge in [-0.1, -0.05) is 30.9 Å². The standard InChI is InChI=1S/C16H19ClN2O5/c17-13-7-6-11(10-14(13)19(23)24)16(22)18(9-8-15(20)21)12-4-2-1-3-5-12/h6-7,10,12H,1-5,8-9H2,(H,20,21). The normalized spacial score (nSPS) is 15.0. The number of benzene rings is 1. The number of halogens is 1. The number of carboxylic acids is 1. The van der Waals surface area contributed by atoms with Gasteiger partial charge in [0.2, 0.25) is 0 Å². The lowest BCUT2D eigenvalue weighted by atomic mass is 9.93. The van der Waals surface area contributed by atoms with E-state index in [0.29, 0.717) is 0 Å². The smallest absolute Gasteiger partial charge is 0.305 e. The lowest BCUT2D eigenvalue weighted by Crippen LogP contribution is -2.42. The van der Waals surface area contributed by atoms with Crippen LogP contribution in [0.5, 0.6) is 0 Å². The second-order valence-corrected chi connectivity index (χ2v) is 6.26. The molecule has 2 rings (SSSR count). The number of carboxylic acid groups (broad SMARTS) is 1. The molecule has 24 heavy (non-hydrogen) atoms. The molecule has 0 bridgehead atoms. The molecule has 0 saturated heterocycles. The molecule has 7 nitrogen and oxygen atoms in total. The molecule has 0 atom stereocenters. The van der Waals surface area contributed by atoms with Crippen LogP contribution in [0.4, 0.5) is 5.69 Å². The van der Waals surface area contributed by atoms with E-state index in [4.69, 9.17) is 16.7 Å². The molecule has 1 aromatic rings. The van der Waals surface area contributed by atoms with E-state index in [1.807, 2.05) is 0 Å². The van der Waals surface area contributed by atoms with Crippen LogP contribution < -0.4 is 0 Å². The Kier molecular flexibility index (Phi) is 6.14. The van der Waals surface area contributed by atoms with Crippen molar-refractivity contribution < 1.29 is 19.6 Å². The number of nitro benzene ring substituents is 1. The zero-order valence-corrected chi connectivity index (χ0v) is 13.9. The first-order valence-electron chi connectivity index (χ1n) is 7.87. The van der Waals surface area contributed by atoms with E-state index in [9.17, 15) is 19.7 Å². The van der Waals surface area contributed by atoms with Gasteiger partial charge in [-0.05, 0) is 25.0 Å². The maximum Gasteiger partial charge on any atom is 0.305 e. The van der Waals surface area contributed by atoms with Crippen LogP contribution >= 0.6 is 11.6 Å². The maximum atomic E-state index is 12.8. The molecule has 0 radical (unpaired) electrons. The van der Waals surface area contributed by atoms with Gasteiger partial charge in [-0.3, -0.25) is 19.7 Å². The van der Waals surface area contributed by atoms with Crippen LogP contribution in [-0.4, -0.2) is 39.4 Å². The van der Waals surface area contributed by atoms with Crippen LogP contribution in [0.25, 0.3) is 0 Å². The average molecular weight is 355 g/mol. The van der Waals surface area contributed by atoms with Crippen LogP contribution in [0.1, 0.15) is 48.9 Å². The molecule has 1 aliphatic carbocycles. The van der Waals surface area contributed by atoms with Crippen molar-refractivity contribution in [3.05, 3.63) is 38.9 Å². The van der Waals surface area contributed by atoms with Crippen LogP contribution in [0.2, 0.25) is 5.02 Å². The van der Waals surface area contributed by atoms with E-state index in [1.165, 1.54) is 12.1 Å². The third-order valence-corrected chi connectivity index (χ3v) is 4.55. The summed E-state index contributed by atoms with van der Waals surface area (Å²) in [7, 11) is 0. The summed E-state index contributed by atoms with van der Waals surface area (Å²) in [6, 6.07) is 3.89. The number of nitro groups is 1. The molecule has 130 valence electrons. The molecule has 0 aliphatic heterocycles. The second kappa shape index (κ2) is 8.10. The summed E-state index contributed by atoms with van der Waals surface area (Å²) < 4.78 is 0. The number of amides is 1. The topological polar surface area (TPSA) is 101 Å². The zero-order valence-electron chi connectivity index (χ0n) is 13.1. The minimum absolute atomic E-state index is 0.0275. The fourth-order valence-electron chi connectivity index (χ4n) is 3.01. The molecule has 8 heteroatoms. The highest BCUT2D eigenvalue weighted by Gasteiger charge is 2.28. The molecule has 1 aromatic carbocycles. The SMILES string of the molecule is O=C(O)CCN(C(=O)c1ccc(Cl)c([N+](=O)[O-])c1)C1CCCCC1. The summed E-state index contributed by atoms with van der Waals surface area (Å²) in [5.74, 6) is -1.37. The summed E-state index contributed by atoms with van der Waals surface area (Å²) in [5, 5.41) is 19.9. The Morgan fingerprint density at radius 1 is 1.29 bits per heavy atom. The van der Waals surface area contributed by atoms with Gasteiger partial charge in [-0.15, -0.1) is 0 Å². The number of hydrogen-bond acceptors (Lipinski definition) is 4. The number of carbonyl (C=O) groups is 2. The second-order valence-electron chi connectivity index (χ2n) is 5.86. The van der Waals surface area contributed by atoms with Gasteiger partial charge in [0.05, 0.1) is 11.3 Å². The molecule has 1 fully saturated rings.